The molecule has 0 aliphatic carbocycles. The standard InChI is InChI=1S/C13H19N3O2/c1-10(8-14)13(17)16-6-7-18-9-12(16)11-2-4-15-5-3-11/h11-12,15H,1-7,9H2. The average molecular weight is 249 g/mol. The topological polar surface area (TPSA) is 65.4 Å². The van der Waals surface area contributed by atoms with Crippen molar-refractivity contribution < 1.29 is 9.53 Å². The van der Waals surface area contributed by atoms with Crippen LogP contribution in [-0.2, 0) is 9.53 Å². The molecule has 0 saturated carbocycles. The Hall–Kier alpha value is -1.38. The Labute approximate surface area is 107 Å². The summed E-state index contributed by atoms with van der Waals surface area (Å²) in [5, 5.41) is 12.1. The number of piperidine rings is 1. The molecule has 1 N–H and O–H groups in total. The minimum atomic E-state index is -0.232. The van der Waals surface area contributed by atoms with Gasteiger partial charge < -0.3 is 15.0 Å². The molecule has 2 saturated heterocycles. The number of carbonyl (C=O) groups is 1. The van der Waals surface area contributed by atoms with Crippen molar-refractivity contribution in [3.63, 3.8) is 0 Å². The second kappa shape index (κ2) is 5.98. The normalized spacial score (nSPS) is 25.5. The molecule has 1 unspecified atom stereocenters. The number of rotatable bonds is 2. The van der Waals surface area contributed by atoms with Crippen molar-refractivity contribution >= 4 is 5.91 Å². The molecule has 2 heterocycles. The lowest BCUT2D eigenvalue weighted by molar-refractivity contribution is -0.138. The van der Waals surface area contributed by atoms with Crippen molar-refractivity contribution in [3.8, 4) is 6.07 Å². The number of amides is 1. The van der Waals surface area contributed by atoms with E-state index in [1.165, 1.54) is 0 Å². The first-order valence-corrected chi connectivity index (χ1v) is 6.42. The highest BCUT2D eigenvalue weighted by Gasteiger charge is 2.34. The summed E-state index contributed by atoms with van der Waals surface area (Å²) in [6, 6.07) is 1.94. The fraction of sp³-hybridized carbons (Fsp3) is 0.692. The van der Waals surface area contributed by atoms with Crippen LogP contribution in [0.1, 0.15) is 12.8 Å². The minimum absolute atomic E-state index is 0.0239. The zero-order valence-corrected chi connectivity index (χ0v) is 10.5. The molecule has 0 aromatic rings. The van der Waals surface area contributed by atoms with Crippen LogP contribution in [0.4, 0.5) is 0 Å². The zero-order chi connectivity index (χ0) is 13.0. The summed E-state index contributed by atoms with van der Waals surface area (Å²) in [5.41, 5.74) is 0.0239. The molecule has 0 bridgehead atoms. The van der Waals surface area contributed by atoms with Gasteiger partial charge in [0.1, 0.15) is 11.6 Å². The lowest BCUT2D eigenvalue weighted by atomic mass is 9.88. The van der Waals surface area contributed by atoms with Crippen LogP contribution in [0.3, 0.4) is 0 Å². The van der Waals surface area contributed by atoms with Crippen LogP contribution < -0.4 is 5.32 Å². The molecule has 2 aliphatic heterocycles. The summed E-state index contributed by atoms with van der Waals surface area (Å²) in [7, 11) is 0. The van der Waals surface area contributed by atoms with Crippen molar-refractivity contribution in [1.82, 2.24) is 10.2 Å². The van der Waals surface area contributed by atoms with Crippen LogP contribution in [0.5, 0.6) is 0 Å². The number of morpholine rings is 1. The average Bonchev–Trinajstić information content (AvgIpc) is 2.46. The lowest BCUT2D eigenvalue weighted by Crippen LogP contribution is -2.54. The summed E-state index contributed by atoms with van der Waals surface area (Å²) < 4.78 is 5.50. The zero-order valence-electron chi connectivity index (χ0n) is 10.5. The number of hydrogen-bond donors (Lipinski definition) is 1. The molecule has 2 aliphatic rings. The fourth-order valence-electron chi connectivity index (χ4n) is 2.72. The number of ether oxygens (including phenoxy) is 1. The molecule has 2 fully saturated rings. The van der Waals surface area contributed by atoms with E-state index in [9.17, 15) is 4.79 Å². The summed E-state index contributed by atoms with van der Waals surface area (Å²) in [6.07, 6.45) is 2.10. The van der Waals surface area contributed by atoms with Gasteiger partial charge in [-0.25, -0.2) is 0 Å². The number of nitrogens with zero attached hydrogens (tertiary/aromatic N) is 2. The van der Waals surface area contributed by atoms with Gasteiger partial charge in [0, 0.05) is 6.54 Å². The molecule has 98 valence electrons. The predicted octanol–water partition coefficient (Wildman–Crippen LogP) is 0.293. The Morgan fingerprint density at radius 2 is 2.17 bits per heavy atom. The van der Waals surface area contributed by atoms with Crippen LogP contribution >= 0.6 is 0 Å². The van der Waals surface area contributed by atoms with Gasteiger partial charge in [-0.1, -0.05) is 6.58 Å². The van der Waals surface area contributed by atoms with E-state index in [0.29, 0.717) is 25.7 Å². The second-order valence-corrected chi connectivity index (χ2v) is 4.82. The first-order valence-electron chi connectivity index (χ1n) is 6.42. The first kappa shape index (κ1) is 13.1. The van der Waals surface area contributed by atoms with Gasteiger partial charge >= 0.3 is 0 Å². The number of hydrogen-bond acceptors (Lipinski definition) is 4. The quantitative estimate of drug-likeness (QED) is 0.564. The van der Waals surface area contributed by atoms with Crippen molar-refractivity contribution in [1.29, 1.82) is 5.26 Å². The maximum atomic E-state index is 12.1. The van der Waals surface area contributed by atoms with Gasteiger partial charge in [0.2, 0.25) is 0 Å². The maximum Gasteiger partial charge on any atom is 0.264 e. The first-order chi connectivity index (χ1) is 8.74. The van der Waals surface area contributed by atoms with Crippen molar-refractivity contribution in [2.45, 2.75) is 18.9 Å². The molecule has 0 radical (unpaired) electrons. The van der Waals surface area contributed by atoms with E-state index in [1.807, 2.05) is 6.07 Å². The third-order valence-electron chi connectivity index (χ3n) is 3.75. The molecule has 5 heteroatoms. The summed E-state index contributed by atoms with van der Waals surface area (Å²) in [4.78, 5) is 13.9. The van der Waals surface area contributed by atoms with Gasteiger partial charge in [-0.2, -0.15) is 5.26 Å². The van der Waals surface area contributed by atoms with Gasteiger partial charge in [0.05, 0.1) is 19.3 Å². The van der Waals surface area contributed by atoms with Gasteiger partial charge in [0.15, 0.2) is 0 Å². The Morgan fingerprint density at radius 3 is 2.83 bits per heavy atom. The van der Waals surface area contributed by atoms with Gasteiger partial charge in [-0.15, -0.1) is 0 Å². The molecular formula is C13H19N3O2. The third kappa shape index (κ3) is 2.71. The van der Waals surface area contributed by atoms with Gasteiger partial charge in [-0.3, -0.25) is 4.79 Å². The Kier molecular flexibility index (Phi) is 4.34. The fourth-order valence-corrected chi connectivity index (χ4v) is 2.72. The maximum absolute atomic E-state index is 12.1. The Balaban J connectivity index is 2.08. The summed E-state index contributed by atoms with van der Waals surface area (Å²) in [5.74, 6) is 0.228. The highest BCUT2D eigenvalue weighted by atomic mass is 16.5. The van der Waals surface area contributed by atoms with Crippen LogP contribution in [0, 0.1) is 17.2 Å². The van der Waals surface area contributed by atoms with E-state index in [4.69, 9.17) is 10.00 Å². The van der Waals surface area contributed by atoms with E-state index in [-0.39, 0.29) is 17.5 Å². The van der Waals surface area contributed by atoms with E-state index < -0.39 is 0 Å². The molecule has 1 atom stereocenters. The van der Waals surface area contributed by atoms with Crippen molar-refractivity contribution in [2.24, 2.45) is 5.92 Å². The minimum Gasteiger partial charge on any atom is -0.377 e. The van der Waals surface area contributed by atoms with Crippen LogP contribution in [0.2, 0.25) is 0 Å². The molecular weight excluding hydrogens is 230 g/mol. The monoisotopic (exact) mass is 249 g/mol. The SMILES string of the molecule is C=C(C#N)C(=O)N1CCOCC1C1CCNCC1. The molecule has 0 aromatic heterocycles. The molecule has 2 rings (SSSR count). The molecule has 5 nitrogen and oxygen atoms in total. The number of carbonyl (C=O) groups excluding carboxylic acids is 1. The Bertz CT molecular complexity index is 369. The van der Waals surface area contributed by atoms with E-state index in [0.717, 1.165) is 25.9 Å². The summed E-state index contributed by atoms with van der Waals surface area (Å²) >= 11 is 0. The van der Waals surface area contributed by atoms with Crippen molar-refractivity contribution in [3.05, 3.63) is 12.2 Å². The molecule has 1 amide bonds. The van der Waals surface area contributed by atoms with Gasteiger partial charge in [0.25, 0.3) is 5.91 Å². The summed E-state index contributed by atoms with van der Waals surface area (Å²) in [6.45, 7) is 7.19. The Morgan fingerprint density at radius 1 is 1.44 bits per heavy atom. The van der Waals surface area contributed by atoms with Crippen LogP contribution in [0.25, 0.3) is 0 Å². The predicted molar refractivity (Wildman–Crippen MR) is 66.7 cm³/mol. The van der Waals surface area contributed by atoms with Gasteiger partial charge in [-0.05, 0) is 31.8 Å². The number of nitriles is 1. The molecule has 18 heavy (non-hydrogen) atoms. The largest absolute Gasteiger partial charge is 0.377 e. The lowest BCUT2D eigenvalue weighted by Gasteiger charge is -2.41. The van der Waals surface area contributed by atoms with Crippen LogP contribution in [-0.4, -0.2) is 49.7 Å². The highest BCUT2D eigenvalue weighted by molar-refractivity contribution is 5.96. The van der Waals surface area contributed by atoms with E-state index >= 15 is 0 Å². The molecule has 0 spiro atoms. The number of nitrogens with one attached hydrogen (secondary N) is 1. The third-order valence-corrected chi connectivity index (χ3v) is 3.75. The molecule has 0 aromatic carbocycles. The van der Waals surface area contributed by atoms with E-state index in [1.54, 1.807) is 4.90 Å². The van der Waals surface area contributed by atoms with Crippen molar-refractivity contribution in [2.75, 3.05) is 32.8 Å². The van der Waals surface area contributed by atoms with E-state index in [2.05, 4.69) is 11.9 Å². The highest BCUT2D eigenvalue weighted by Crippen LogP contribution is 2.24. The van der Waals surface area contributed by atoms with Crippen LogP contribution in [0.15, 0.2) is 12.2 Å². The second-order valence-electron chi connectivity index (χ2n) is 4.82. The smallest absolute Gasteiger partial charge is 0.264 e.